The van der Waals surface area contributed by atoms with Crippen LogP contribution < -0.4 is 0 Å². The van der Waals surface area contributed by atoms with Crippen LogP contribution in [0.25, 0.3) is 0 Å². The van der Waals surface area contributed by atoms with Gasteiger partial charge in [0.2, 0.25) is 10.0 Å². The molecule has 1 aromatic rings. The molecule has 0 amide bonds. The van der Waals surface area contributed by atoms with Gasteiger partial charge in [-0.25, -0.2) is 8.42 Å². The fourth-order valence-corrected chi connectivity index (χ4v) is 2.82. The fourth-order valence-electron chi connectivity index (χ4n) is 1.43. The molecule has 104 valence electrons. The van der Waals surface area contributed by atoms with Gasteiger partial charge in [0.1, 0.15) is 6.54 Å². The Bertz CT molecular complexity index is 591. The monoisotopic (exact) mass is 292 g/mol. The lowest BCUT2D eigenvalue weighted by Crippen LogP contribution is -2.31. The molecular formula is C11H11F3N2O2S. The molecule has 4 nitrogen and oxygen atoms in total. The van der Waals surface area contributed by atoms with Gasteiger partial charge in [0, 0.05) is 6.54 Å². The molecule has 0 atom stereocenters. The van der Waals surface area contributed by atoms with Crippen LogP contribution in [0.15, 0.2) is 29.2 Å². The molecule has 0 N–H and O–H groups in total. The highest BCUT2D eigenvalue weighted by molar-refractivity contribution is 7.89. The van der Waals surface area contributed by atoms with Gasteiger partial charge in [0.15, 0.2) is 0 Å². The van der Waals surface area contributed by atoms with Crippen LogP contribution in [0, 0.1) is 11.3 Å². The molecule has 1 rings (SSSR count). The molecule has 0 aliphatic heterocycles. The fraction of sp³-hybridized carbons (Fsp3) is 0.364. The summed E-state index contributed by atoms with van der Waals surface area (Å²) in [5.74, 6) is 0. The molecule has 0 heterocycles. The van der Waals surface area contributed by atoms with E-state index in [9.17, 15) is 21.6 Å². The number of nitrogens with zero attached hydrogens (tertiary/aromatic N) is 2. The van der Waals surface area contributed by atoms with E-state index in [-0.39, 0.29) is 6.54 Å². The molecule has 0 saturated heterocycles. The van der Waals surface area contributed by atoms with Crippen LogP contribution in [-0.2, 0) is 16.2 Å². The second-order valence-corrected chi connectivity index (χ2v) is 5.55. The maximum absolute atomic E-state index is 12.5. The Labute approximate surface area is 109 Å². The normalized spacial score (nSPS) is 12.4. The molecule has 0 aliphatic carbocycles. The van der Waals surface area contributed by atoms with Crippen molar-refractivity contribution in [2.24, 2.45) is 0 Å². The predicted octanol–water partition coefficient (Wildman–Crippen LogP) is 2.24. The summed E-state index contributed by atoms with van der Waals surface area (Å²) in [6, 6.07) is 5.12. The molecule has 0 saturated carbocycles. The minimum absolute atomic E-state index is 0.00609. The van der Waals surface area contributed by atoms with Gasteiger partial charge in [0.05, 0.1) is 16.5 Å². The molecule has 0 spiro atoms. The van der Waals surface area contributed by atoms with E-state index < -0.39 is 33.2 Å². The van der Waals surface area contributed by atoms with Crippen LogP contribution >= 0.6 is 0 Å². The minimum Gasteiger partial charge on any atom is -0.207 e. The SMILES string of the molecule is CCN(CC#N)S(=O)(=O)c1cccc(C(F)(F)F)c1. The molecule has 0 unspecified atom stereocenters. The van der Waals surface area contributed by atoms with E-state index in [0.29, 0.717) is 6.07 Å². The van der Waals surface area contributed by atoms with Gasteiger partial charge >= 0.3 is 6.18 Å². The van der Waals surface area contributed by atoms with Gasteiger partial charge in [-0.15, -0.1) is 0 Å². The topological polar surface area (TPSA) is 61.2 Å². The standard InChI is InChI=1S/C11H11F3N2O2S/c1-2-16(7-6-15)19(17,18)10-5-3-4-9(8-10)11(12,13)14/h3-5,8H,2,7H2,1H3. The largest absolute Gasteiger partial charge is 0.416 e. The van der Waals surface area contributed by atoms with Crippen molar-refractivity contribution >= 4 is 10.0 Å². The molecule has 0 aromatic heterocycles. The Morgan fingerprint density at radius 1 is 1.37 bits per heavy atom. The molecule has 8 heteroatoms. The first kappa shape index (κ1) is 15.5. The quantitative estimate of drug-likeness (QED) is 0.800. The third-order valence-corrected chi connectivity index (χ3v) is 4.32. The first-order valence-electron chi connectivity index (χ1n) is 5.28. The lowest BCUT2D eigenvalue weighted by molar-refractivity contribution is -0.137. The van der Waals surface area contributed by atoms with Crippen molar-refractivity contribution in [2.45, 2.75) is 18.0 Å². The van der Waals surface area contributed by atoms with Crippen molar-refractivity contribution in [1.82, 2.24) is 4.31 Å². The average Bonchev–Trinajstić information content (AvgIpc) is 2.34. The highest BCUT2D eigenvalue weighted by atomic mass is 32.2. The second kappa shape index (κ2) is 5.59. The van der Waals surface area contributed by atoms with Gasteiger partial charge in [-0.05, 0) is 18.2 Å². The Hall–Kier alpha value is -1.59. The van der Waals surface area contributed by atoms with Crippen LogP contribution in [0.5, 0.6) is 0 Å². The summed E-state index contributed by atoms with van der Waals surface area (Å²) in [6.07, 6.45) is -4.61. The van der Waals surface area contributed by atoms with Crippen LogP contribution in [0.3, 0.4) is 0 Å². The number of nitriles is 1. The maximum Gasteiger partial charge on any atom is 0.416 e. The number of alkyl halides is 3. The molecule has 0 fully saturated rings. The van der Waals surface area contributed by atoms with Crippen molar-refractivity contribution in [3.8, 4) is 6.07 Å². The Morgan fingerprint density at radius 2 is 2.00 bits per heavy atom. The van der Waals surface area contributed by atoms with E-state index in [0.717, 1.165) is 22.5 Å². The van der Waals surface area contributed by atoms with Gasteiger partial charge in [-0.3, -0.25) is 0 Å². The number of benzene rings is 1. The van der Waals surface area contributed by atoms with Crippen LogP contribution in [0.4, 0.5) is 13.2 Å². The maximum atomic E-state index is 12.5. The zero-order chi connectivity index (χ0) is 14.7. The van der Waals surface area contributed by atoms with Crippen LogP contribution in [0.2, 0.25) is 0 Å². The van der Waals surface area contributed by atoms with Gasteiger partial charge in [-0.1, -0.05) is 13.0 Å². The summed E-state index contributed by atoms with van der Waals surface area (Å²) >= 11 is 0. The molecular weight excluding hydrogens is 281 g/mol. The summed E-state index contributed by atoms with van der Waals surface area (Å²) in [7, 11) is -4.09. The molecule has 0 radical (unpaired) electrons. The third-order valence-electron chi connectivity index (χ3n) is 2.40. The zero-order valence-corrected chi connectivity index (χ0v) is 10.8. The Morgan fingerprint density at radius 3 is 2.47 bits per heavy atom. The van der Waals surface area contributed by atoms with Crippen LogP contribution in [0.1, 0.15) is 12.5 Å². The highest BCUT2D eigenvalue weighted by Crippen LogP contribution is 2.31. The van der Waals surface area contributed by atoms with Gasteiger partial charge in [0.25, 0.3) is 0 Å². The summed E-state index contributed by atoms with van der Waals surface area (Å²) in [4.78, 5) is -0.473. The van der Waals surface area contributed by atoms with Crippen LogP contribution in [-0.4, -0.2) is 25.8 Å². The van der Waals surface area contributed by atoms with Crippen molar-refractivity contribution in [1.29, 1.82) is 5.26 Å². The Balaban J connectivity index is 3.27. The van der Waals surface area contributed by atoms with E-state index in [1.54, 1.807) is 6.07 Å². The third kappa shape index (κ3) is 3.45. The minimum atomic E-state index is -4.61. The Kier molecular flexibility index (Phi) is 4.55. The number of rotatable bonds is 4. The number of sulfonamides is 1. The summed E-state index contributed by atoms with van der Waals surface area (Å²) in [6.45, 7) is 1.10. The first-order chi connectivity index (χ1) is 8.73. The zero-order valence-electron chi connectivity index (χ0n) is 9.98. The van der Waals surface area contributed by atoms with E-state index in [4.69, 9.17) is 5.26 Å². The number of hydrogen-bond acceptors (Lipinski definition) is 3. The number of hydrogen-bond donors (Lipinski definition) is 0. The molecule has 0 aliphatic rings. The average molecular weight is 292 g/mol. The first-order valence-corrected chi connectivity index (χ1v) is 6.72. The van der Waals surface area contributed by atoms with E-state index in [1.807, 2.05) is 0 Å². The van der Waals surface area contributed by atoms with Gasteiger partial charge in [-0.2, -0.15) is 22.7 Å². The molecule has 1 aromatic carbocycles. The van der Waals surface area contributed by atoms with Crippen molar-refractivity contribution < 1.29 is 21.6 Å². The summed E-state index contributed by atoms with van der Waals surface area (Å²) < 4.78 is 62.5. The lowest BCUT2D eigenvalue weighted by Gasteiger charge is -2.18. The van der Waals surface area contributed by atoms with Crippen molar-refractivity contribution in [3.63, 3.8) is 0 Å². The van der Waals surface area contributed by atoms with E-state index in [1.165, 1.54) is 6.92 Å². The molecule has 19 heavy (non-hydrogen) atoms. The molecule has 0 bridgehead atoms. The predicted molar refractivity (Wildman–Crippen MR) is 61.5 cm³/mol. The highest BCUT2D eigenvalue weighted by Gasteiger charge is 2.32. The van der Waals surface area contributed by atoms with Crippen molar-refractivity contribution in [2.75, 3.05) is 13.1 Å². The van der Waals surface area contributed by atoms with E-state index in [2.05, 4.69) is 0 Å². The van der Waals surface area contributed by atoms with Gasteiger partial charge < -0.3 is 0 Å². The van der Waals surface area contributed by atoms with E-state index >= 15 is 0 Å². The second-order valence-electron chi connectivity index (χ2n) is 3.61. The summed E-state index contributed by atoms with van der Waals surface area (Å²) in [5.41, 5.74) is -1.04. The smallest absolute Gasteiger partial charge is 0.207 e. The summed E-state index contributed by atoms with van der Waals surface area (Å²) in [5, 5.41) is 8.53. The lowest BCUT2D eigenvalue weighted by atomic mass is 10.2. The van der Waals surface area contributed by atoms with Crippen molar-refractivity contribution in [3.05, 3.63) is 29.8 Å². The number of halogens is 3.